The molecule has 4 N–H and O–H groups in total. The summed E-state index contributed by atoms with van der Waals surface area (Å²) in [6, 6.07) is 8.04. The molecule has 10 nitrogen and oxygen atoms in total. The average molecular weight is 450 g/mol. The molecule has 0 aliphatic carbocycles. The lowest BCUT2D eigenvalue weighted by atomic mass is 10.2. The van der Waals surface area contributed by atoms with Crippen molar-refractivity contribution in [2.24, 2.45) is 5.73 Å². The number of carbonyl (C=O) groups excluding carboxylic acids is 1. The van der Waals surface area contributed by atoms with Crippen molar-refractivity contribution in [1.29, 1.82) is 5.26 Å². The van der Waals surface area contributed by atoms with Crippen molar-refractivity contribution in [3.63, 3.8) is 0 Å². The van der Waals surface area contributed by atoms with E-state index in [0.717, 1.165) is 11.8 Å². The number of carbonyl (C=O) groups is 1. The second kappa shape index (κ2) is 9.75. The first-order valence-electron chi connectivity index (χ1n) is 9.00. The van der Waals surface area contributed by atoms with E-state index in [-0.39, 0.29) is 32.9 Å². The highest BCUT2D eigenvalue weighted by Crippen LogP contribution is 2.25. The SMILES string of the molecule is CCN(CC)S(=O)(=O)c1cccc(-c2nnc(SCC(=O)/C(C#N)=C(\C)N)n2N)c1. The monoisotopic (exact) mass is 449 g/mol. The molecule has 0 fully saturated rings. The zero-order valence-electron chi connectivity index (χ0n) is 16.9. The Hall–Kier alpha value is -2.88. The van der Waals surface area contributed by atoms with Gasteiger partial charge in [-0.3, -0.25) is 4.79 Å². The number of ketones is 1. The molecule has 0 radical (unpaired) electrons. The van der Waals surface area contributed by atoms with E-state index >= 15 is 0 Å². The molecule has 0 aliphatic rings. The van der Waals surface area contributed by atoms with Gasteiger partial charge >= 0.3 is 0 Å². The Balaban J connectivity index is 2.30. The molecular weight excluding hydrogens is 426 g/mol. The molecule has 0 amide bonds. The molecule has 2 rings (SSSR count). The number of thioether (sulfide) groups is 1. The highest BCUT2D eigenvalue weighted by molar-refractivity contribution is 7.99. The van der Waals surface area contributed by atoms with Crippen LogP contribution in [0.3, 0.4) is 0 Å². The molecule has 1 aromatic heterocycles. The van der Waals surface area contributed by atoms with Crippen LogP contribution in [-0.4, -0.2) is 52.2 Å². The first kappa shape index (κ1) is 23.4. The standard InChI is InChI=1S/C18H23N7O3S2/c1-4-24(5-2)30(27,28)14-8-6-7-13(9-14)17-22-23-18(25(17)21)29-11-16(26)15(10-19)12(3)20/h6-9H,4-5,11,20-21H2,1-3H3/b15-12+. The second-order valence-electron chi connectivity index (χ2n) is 6.18. The minimum Gasteiger partial charge on any atom is -0.401 e. The van der Waals surface area contributed by atoms with Gasteiger partial charge in [0.25, 0.3) is 0 Å². The zero-order chi connectivity index (χ0) is 22.5. The lowest BCUT2D eigenvalue weighted by Crippen LogP contribution is -2.30. The molecule has 1 aromatic carbocycles. The molecule has 30 heavy (non-hydrogen) atoms. The number of aromatic nitrogens is 3. The molecule has 0 unspecified atom stereocenters. The Morgan fingerprint density at radius 1 is 1.30 bits per heavy atom. The second-order valence-corrected chi connectivity index (χ2v) is 9.06. The Kier molecular flexibility index (Phi) is 7.60. The molecule has 1 heterocycles. The van der Waals surface area contributed by atoms with E-state index in [1.807, 2.05) is 0 Å². The Bertz CT molecular complexity index is 1110. The van der Waals surface area contributed by atoms with Gasteiger partial charge in [-0.05, 0) is 19.1 Å². The van der Waals surface area contributed by atoms with Crippen molar-refractivity contribution >= 4 is 27.6 Å². The summed E-state index contributed by atoms with van der Waals surface area (Å²) in [5.41, 5.74) is 6.03. The minimum absolute atomic E-state index is 0.0941. The van der Waals surface area contributed by atoms with Gasteiger partial charge in [-0.2, -0.15) is 9.57 Å². The van der Waals surface area contributed by atoms with Crippen LogP contribution in [0.5, 0.6) is 0 Å². The first-order chi connectivity index (χ1) is 14.2. The van der Waals surface area contributed by atoms with Gasteiger partial charge in [-0.15, -0.1) is 10.2 Å². The van der Waals surface area contributed by atoms with Crippen molar-refractivity contribution in [2.75, 3.05) is 24.7 Å². The van der Waals surface area contributed by atoms with E-state index in [1.54, 1.807) is 32.0 Å². The molecule has 0 saturated heterocycles. The topological polar surface area (TPSA) is 161 Å². The zero-order valence-corrected chi connectivity index (χ0v) is 18.5. The number of nitrogens with two attached hydrogens (primary N) is 2. The molecule has 0 spiro atoms. The van der Waals surface area contributed by atoms with E-state index in [4.69, 9.17) is 16.8 Å². The predicted molar refractivity (Wildman–Crippen MR) is 114 cm³/mol. The number of hydrogen-bond donors (Lipinski definition) is 2. The van der Waals surface area contributed by atoms with Crippen LogP contribution in [0.2, 0.25) is 0 Å². The highest BCUT2D eigenvalue weighted by Gasteiger charge is 2.23. The van der Waals surface area contributed by atoms with E-state index in [0.29, 0.717) is 18.7 Å². The van der Waals surface area contributed by atoms with Gasteiger partial charge in [-0.25, -0.2) is 13.1 Å². The first-order valence-corrected chi connectivity index (χ1v) is 11.4. The number of Topliss-reactive ketones (excluding diaryl/α,β-unsaturated/α-hetero) is 1. The van der Waals surface area contributed by atoms with Crippen LogP contribution in [0.4, 0.5) is 0 Å². The lowest BCUT2D eigenvalue weighted by Gasteiger charge is -2.18. The van der Waals surface area contributed by atoms with Crippen LogP contribution in [0.25, 0.3) is 11.4 Å². The smallest absolute Gasteiger partial charge is 0.243 e. The van der Waals surface area contributed by atoms with Crippen LogP contribution >= 0.6 is 11.8 Å². The summed E-state index contributed by atoms with van der Waals surface area (Å²) in [5, 5.41) is 17.2. The third kappa shape index (κ3) is 4.81. The summed E-state index contributed by atoms with van der Waals surface area (Å²) in [6.07, 6.45) is 0. The van der Waals surface area contributed by atoms with Gasteiger partial charge in [-0.1, -0.05) is 37.7 Å². The molecule has 0 aliphatic heterocycles. The molecule has 160 valence electrons. The van der Waals surface area contributed by atoms with Crippen molar-refractivity contribution in [3.8, 4) is 17.5 Å². The highest BCUT2D eigenvalue weighted by atomic mass is 32.2. The lowest BCUT2D eigenvalue weighted by molar-refractivity contribution is -0.112. The van der Waals surface area contributed by atoms with Gasteiger partial charge in [0.05, 0.1) is 10.6 Å². The molecule has 2 aromatic rings. The van der Waals surface area contributed by atoms with Crippen molar-refractivity contribution in [2.45, 2.75) is 30.8 Å². The number of rotatable bonds is 9. The largest absolute Gasteiger partial charge is 0.401 e. The van der Waals surface area contributed by atoms with Gasteiger partial charge in [0, 0.05) is 24.4 Å². The Morgan fingerprint density at radius 3 is 2.53 bits per heavy atom. The average Bonchev–Trinajstić information content (AvgIpc) is 3.08. The van der Waals surface area contributed by atoms with Crippen molar-refractivity contribution < 1.29 is 13.2 Å². The fourth-order valence-corrected chi connectivity index (χ4v) is 4.89. The number of benzene rings is 1. The van der Waals surface area contributed by atoms with Gasteiger partial charge in [0.2, 0.25) is 15.2 Å². The maximum atomic E-state index is 12.8. The van der Waals surface area contributed by atoms with Gasteiger partial charge < -0.3 is 11.6 Å². The van der Waals surface area contributed by atoms with Gasteiger partial charge in [0.15, 0.2) is 11.6 Å². The third-order valence-corrected chi connectivity index (χ3v) is 7.21. The van der Waals surface area contributed by atoms with Crippen LogP contribution < -0.4 is 11.6 Å². The van der Waals surface area contributed by atoms with E-state index in [2.05, 4.69) is 10.2 Å². The number of sulfonamides is 1. The fraction of sp³-hybridized carbons (Fsp3) is 0.333. The minimum atomic E-state index is -3.64. The van der Waals surface area contributed by atoms with Gasteiger partial charge in [0.1, 0.15) is 11.6 Å². The molecule has 12 heteroatoms. The summed E-state index contributed by atoms with van der Waals surface area (Å²) < 4.78 is 28.1. The normalized spacial score (nSPS) is 12.5. The number of nitrogen functional groups attached to an aromatic ring is 1. The Labute approximate surface area is 179 Å². The van der Waals surface area contributed by atoms with Crippen molar-refractivity contribution in [3.05, 3.63) is 35.5 Å². The Morgan fingerprint density at radius 2 is 1.97 bits per heavy atom. The molecule has 0 bridgehead atoms. The summed E-state index contributed by atoms with van der Waals surface area (Å²) in [4.78, 5) is 12.2. The fourth-order valence-electron chi connectivity index (χ4n) is 2.65. The summed E-state index contributed by atoms with van der Waals surface area (Å²) >= 11 is 1.00. The quantitative estimate of drug-likeness (QED) is 0.247. The predicted octanol–water partition coefficient (Wildman–Crippen LogP) is 1.11. The van der Waals surface area contributed by atoms with Crippen LogP contribution in [0.15, 0.2) is 45.6 Å². The van der Waals surface area contributed by atoms with Crippen LogP contribution in [0.1, 0.15) is 20.8 Å². The van der Waals surface area contributed by atoms with Crippen LogP contribution in [0, 0.1) is 11.3 Å². The van der Waals surface area contributed by atoms with E-state index in [9.17, 15) is 13.2 Å². The number of nitriles is 1. The van der Waals surface area contributed by atoms with Crippen LogP contribution in [-0.2, 0) is 14.8 Å². The molecule has 0 atom stereocenters. The van der Waals surface area contributed by atoms with E-state index < -0.39 is 15.8 Å². The van der Waals surface area contributed by atoms with E-state index in [1.165, 1.54) is 28.0 Å². The molecule has 0 saturated carbocycles. The summed E-state index contributed by atoms with van der Waals surface area (Å²) in [7, 11) is -3.64. The third-order valence-electron chi connectivity index (χ3n) is 4.22. The maximum Gasteiger partial charge on any atom is 0.243 e. The summed E-state index contributed by atoms with van der Waals surface area (Å²) in [5.74, 6) is 5.76. The molecular formula is C18H23N7O3S2. The maximum absolute atomic E-state index is 12.8. The summed E-state index contributed by atoms with van der Waals surface area (Å²) in [6.45, 7) is 5.72. The number of nitrogens with zero attached hydrogens (tertiary/aromatic N) is 5. The van der Waals surface area contributed by atoms with Crippen molar-refractivity contribution in [1.82, 2.24) is 19.2 Å². The number of allylic oxidation sites excluding steroid dienone is 2. The number of hydrogen-bond acceptors (Lipinski definition) is 9.